The summed E-state index contributed by atoms with van der Waals surface area (Å²) >= 11 is 0. The van der Waals surface area contributed by atoms with Crippen LogP contribution in [-0.2, 0) is 0 Å². The molecule has 5 nitrogen and oxygen atoms in total. The fraction of sp³-hybridized carbons (Fsp3) is 0.278. The van der Waals surface area contributed by atoms with Gasteiger partial charge < -0.3 is 4.74 Å². The maximum absolute atomic E-state index is 12.3. The van der Waals surface area contributed by atoms with Crippen LogP contribution in [0.2, 0.25) is 0 Å². The molecule has 0 aliphatic rings. The number of pyridine rings is 1. The Morgan fingerprint density at radius 1 is 1.13 bits per heavy atom. The molecule has 0 saturated heterocycles. The van der Waals surface area contributed by atoms with E-state index >= 15 is 0 Å². The third-order valence-electron chi connectivity index (χ3n) is 3.12. The molecule has 23 heavy (non-hydrogen) atoms. The molecule has 2 rings (SSSR count). The van der Waals surface area contributed by atoms with Crippen molar-refractivity contribution in [1.29, 1.82) is 0 Å². The van der Waals surface area contributed by atoms with Gasteiger partial charge in [0.05, 0.1) is 0 Å². The van der Waals surface area contributed by atoms with Crippen LogP contribution in [0.1, 0.15) is 35.9 Å². The molecule has 0 N–H and O–H groups in total. The SMILES string of the molecule is CC(=O)c1ccc(OCC(=O)n2ccccc2=NC(C)C)cc1. The topological polar surface area (TPSA) is 60.7 Å². The second-order valence-electron chi connectivity index (χ2n) is 5.41. The highest BCUT2D eigenvalue weighted by atomic mass is 16.5. The Morgan fingerprint density at radius 2 is 1.83 bits per heavy atom. The molecule has 0 unspecified atom stereocenters. The molecule has 0 bridgehead atoms. The van der Waals surface area contributed by atoms with E-state index < -0.39 is 0 Å². The monoisotopic (exact) mass is 312 g/mol. The zero-order valence-corrected chi connectivity index (χ0v) is 13.5. The molecule has 120 valence electrons. The predicted molar refractivity (Wildman–Crippen MR) is 87.7 cm³/mol. The minimum absolute atomic E-state index is 0.00703. The first-order chi connectivity index (χ1) is 11.0. The second kappa shape index (κ2) is 7.54. The summed E-state index contributed by atoms with van der Waals surface area (Å²) in [5.41, 5.74) is 1.21. The molecule has 1 aromatic heterocycles. The van der Waals surface area contributed by atoms with Crippen molar-refractivity contribution >= 4 is 11.7 Å². The molecule has 0 aliphatic heterocycles. The smallest absolute Gasteiger partial charge is 0.270 e. The average Bonchev–Trinajstić information content (AvgIpc) is 2.53. The lowest BCUT2D eigenvalue weighted by atomic mass is 10.1. The number of Topliss-reactive ketones (excluding diaryl/α,β-unsaturated/α-hetero) is 1. The molecule has 5 heteroatoms. The van der Waals surface area contributed by atoms with Gasteiger partial charge in [0.2, 0.25) is 0 Å². The van der Waals surface area contributed by atoms with Crippen molar-refractivity contribution < 1.29 is 14.3 Å². The summed E-state index contributed by atoms with van der Waals surface area (Å²) in [7, 11) is 0. The number of hydrogen-bond donors (Lipinski definition) is 0. The first kappa shape index (κ1) is 16.7. The summed E-state index contributed by atoms with van der Waals surface area (Å²) in [5, 5.41) is 0. The van der Waals surface area contributed by atoms with Crippen molar-refractivity contribution in [2.75, 3.05) is 6.61 Å². The van der Waals surface area contributed by atoms with Crippen molar-refractivity contribution in [2.45, 2.75) is 26.8 Å². The fourth-order valence-corrected chi connectivity index (χ4v) is 2.02. The van der Waals surface area contributed by atoms with Gasteiger partial charge in [0.25, 0.3) is 5.91 Å². The molecule has 0 amide bonds. The van der Waals surface area contributed by atoms with Gasteiger partial charge in [-0.2, -0.15) is 0 Å². The van der Waals surface area contributed by atoms with Crippen LogP contribution in [0.15, 0.2) is 53.7 Å². The van der Waals surface area contributed by atoms with Gasteiger partial charge in [-0.25, -0.2) is 0 Å². The van der Waals surface area contributed by atoms with E-state index in [2.05, 4.69) is 4.99 Å². The van der Waals surface area contributed by atoms with Gasteiger partial charge in [0.1, 0.15) is 11.2 Å². The normalized spacial score (nSPS) is 11.6. The molecular formula is C18H20N2O3. The molecular weight excluding hydrogens is 292 g/mol. The second-order valence-corrected chi connectivity index (χ2v) is 5.41. The van der Waals surface area contributed by atoms with Gasteiger partial charge in [-0.1, -0.05) is 6.07 Å². The minimum atomic E-state index is -0.208. The van der Waals surface area contributed by atoms with Crippen LogP contribution in [0.3, 0.4) is 0 Å². The van der Waals surface area contributed by atoms with E-state index in [-0.39, 0.29) is 24.3 Å². The lowest BCUT2D eigenvalue weighted by molar-refractivity contribution is 0.0831. The summed E-state index contributed by atoms with van der Waals surface area (Å²) in [6, 6.07) is 12.2. The number of ketones is 1. The standard InChI is InChI=1S/C18H20N2O3/c1-13(2)19-17-6-4-5-11-20(17)18(22)12-23-16-9-7-15(8-10-16)14(3)21/h4-11,13H,12H2,1-3H3. The Kier molecular flexibility index (Phi) is 5.46. The Hall–Kier alpha value is -2.69. The number of hydrogen-bond acceptors (Lipinski definition) is 4. The highest BCUT2D eigenvalue weighted by Gasteiger charge is 2.07. The number of benzene rings is 1. The third kappa shape index (κ3) is 4.64. The molecule has 1 aromatic carbocycles. The van der Waals surface area contributed by atoms with E-state index in [0.717, 1.165) is 0 Å². The van der Waals surface area contributed by atoms with Crippen molar-refractivity contribution in [2.24, 2.45) is 4.99 Å². The molecule has 0 radical (unpaired) electrons. The van der Waals surface area contributed by atoms with Gasteiger partial charge in [0.15, 0.2) is 12.4 Å². The molecule has 0 fully saturated rings. The summed E-state index contributed by atoms with van der Waals surface area (Å²) in [5.74, 6) is 0.329. The zero-order chi connectivity index (χ0) is 16.8. The highest BCUT2D eigenvalue weighted by Crippen LogP contribution is 2.12. The minimum Gasteiger partial charge on any atom is -0.484 e. The number of carbonyl (C=O) groups excluding carboxylic acids is 2. The third-order valence-corrected chi connectivity index (χ3v) is 3.12. The summed E-state index contributed by atoms with van der Waals surface area (Å²) < 4.78 is 6.97. The van der Waals surface area contributed by atoms with E-state index in [1.54, 1.807) is 42.6 Å². The molecule has 0 spiro atoms. The van der Waals surface area contributed by atoms with Crippen LogP contribution in [0.5, 0.6) is 5.75 Å². The van der Waals surface area contributed by atoms with Gasteiger partial charge in [-0.05, 0) is 57.2 Å². The van der Waals surface area contributed by atoms with E-state index in [1.807, 2.05) is 19.9 Å². The van der Waals surface area contributed by atoms with Crippen LogP contribution in [0, 0.1) is 0 Å². The van der Waals surface area contributed by atoms with Gasteiger partial charge >= 0.3 is 0 Å². The fourth-order valence-electron chi connectivity index (χ4n) is 2.02. The van der Waals surface area contributed by atoms with E-state index in [1.165, 1.54) is 11.5 Å². The number of ether oxygens (including phenoxy) is 1. The first-order valence-electron chi connectivity index (χ1n) is 7.46. The van der Waals surface area contributed by atoms with E-state index in [4.69, 9.17) is 4.74 Å². The van der Waals surface area contributed by atoms with Crippen molar-refractivity contribution in [3.8, 4) is 5.75 Å². The van der Waals surface area contributed by atoms with Crippen LogP contribution >= 0.6 is 0 Å². The largest absolute Gasteiger partial charge is 0.484 e. The highest BCUT2D eigenvalue weighted by molar-refractivity contribution is 5.94. The van der Waals surface area contributed by atoms with Crippen LogP contribution in [-0.4, -0.2) is 28.9 Å². The number of aromatic nitrogens is 1. The Morgan fingerprint density at radius 3 is 2.43 bits per heavy atom. The van der Waals surface area contributed by atoms with Crippen molar-refractivity contribution in [1.82, 2.24) is 4.57 Å². The van der Waals surface area contributed by atoms with E-state index in [0.29, 0.717) is 16.8 Å². The number of carbonyl (C=O) groups is 2. The van der Waals surface area contributed by atoms with E-state index in [9.17, 15) is 9.59 Å². The number of rotatable bonds is 5. The van der Waals surface area contributed by atoms with Gasteiger partial charge in [-0.15, -0.1) is 0 Å². The molecule has 0 saturated carbocycles. The lowest BCUT2D eigenvalue weighted by Gasteiger charge is -2.09. The molecule has 2 aromatic rings. The first-order valence-corrected chi connectivity index (χ1v) is 7.46. The van der Waals surface area contributed by atoms with Gasteiger partial charge in [0, 0.05) is 17.8 Å². The van der Waals surface area contributed by atoms with Crippen molar-refractivity contribution in [3.05, 3.63) is 59.7 Å². The molecule has 0 aliphatic carbocycles. The predicted octanol–water partition coefficient (Wildman–Crippen LogP) is 2.72. The molecule has 1 heterocycles. The van der Waals surface area contributed by atoms with Gasteiger partial charge in [-0.3, -0.25) is 19.1 Å². The quantitative estimate of drug-likeness (QED) is 0.798. The maximum atomic E-state index is 12.3. The van der Waals surface area contributed by atoms with Crippen LogP contribution in [0.25, 0.3) is 0 Å². The average molecular weight is 312 g/mol. The zero-order valence-electron chi connectivity index (χ0n) is 13.5. The summed E-state index contributed by atoms with van der Waals surface area (Å²) in [4.78, 5) is 28.0. The Bertz CT molecular complexity index is 758. The Balaban J connectivity index is 2.10. The maximum Gasteiger partial charge on any atom is 0.270 e. The molecule has 0 atom stereocenters. The summed E-state index contributed by atoms with van der Waals surface area (Å²) in [6.07, 6.45) is 1.67. The van der Waals surface area contributed by atoms with Crippen molar-refractivity contribution in [3.63, 3.8) is 0 Å². The number of nitrogens with zero attached hydrogens (tertiary/aromatic N) is 2. The Labute approximate surface area is 135 Å². The van der Waals surface area contributed by atoms with Crippen LogP contribution in [0.4, 0.5) is 0 Å². The lowest BCUT2D eigenvalue weighted by Crippen LogP contribution is -2.31. The summed E-state index contributed by atoms with van der Waals surface area (Å²) in [6.45, 7) is 5.31. The van der Waals surface area contributed by atoms with Crippen LogP contribution < -0.4 is 10.2 Å².